The first-order chi connectivity index (χ1) is 13.3. The van der Waals surface area contributed by atoms with E-state index in [1.54, 1.807) is 24.1 Å². The number of hydrogen-bond donors (Lipinski definition) is 1. The lowest BCUT2D eigenvalue weighted by atomic mass is 10.2. The Kier molecular flexibility index (Phi) is 7.78. The third-order valence-electron chi connectivity index (χ3n) is 4.14. The van der Waals surface area contributed by atoms with Crippen LogP contribution in [0.3, 0.4) is 0 Å². The number of ether oxygens (including phenoxy) is 1. The molecule has 0 saturated heterocycles. The van der Waals surface area contributed by atoms with Crippen LogP contribution in [0.15, 0.2) is 66.1 Å². The zero-order valence-corrected chi connectivity index (χ0v) is 17.0. The molecular formula is C21H26N2O4S. The highest BCUT2D eigenvalue weighted by Crippen LogP contribution is 2.16. The Labute approximate surface area is 166 Å². The maximum atomic E-state index is 12.6. The molecule has 1 N–H and O–H groups in total. The second-order valence-corrected chi connectivity index (χ2v) is 8.13. The summed E-state index contributed by atoms with van der Waals surface area (Å²) in [6.45, 7) is 6.58. The van der Waals surface area contributed by atoms with Gasteiger partial charge in [0.1, 0.15) is 5.75 Å². The molecule has 150 valence electrons. The second-order valence-electron chi connectivity index (χ2n) is 6.36. The van der Waals surface area contributed by atoms with Crippen molar-refractivity contribution < 1.29 is 17.9 Å². The lowest BCUT2D eigenvalue weighted by molar-refractivity contribution is 0.0787. The molecule has 0 atom stereocenters. The van der Waals surface area contributed by atoms with Crippen LogP contribution >= 0.6 is 0 Å². The van der Waals surface area contributed by atoms with Gasteiger partial charge in [0.25, 0.3) is 5.91 Å². The van der Waals surface area contributed by atoms with Crippen molar-refractivity contribution in [3.8, 4) is 5.75 Å². The maximum absolute atomic E-state index is 12.6. The van der Waals surface area contributed by atoms with E-state index in [9.17, 15) is 13.2 Å². The average molecular weight is 403 g/mol. The Balaban J connectivity index is 1.93. The molecule has 0 aliphatic heterocycles. The Morgan fingerprint density at radius 2 is 1.96 bits per heavy atom. The minimum absolute atomic E-state index is 0.0523. The van der Waals surface area contributed by atoms with Crippen molar-refractivity contribution in [3.05, 3.63) is 72.3 Å². The van der Waals surface area contributed by atoms with Gasteiger partial charge >= 0.3 is 0 Å². The summed E-state index contributed by atoms with van der Waals surface area (Å²) in [5, 5.41) is 0. The largest absolute Gasteiger partial charge is 0.493 e. The molecule has 7 heteroatoms. The fourth-order valence-electron chi connectivity index (χ4n) is 2.57. The van der Waals surface area contributed by atoms with Crippen LogP contribution in [0.5, 0.6) is 5.75 Å². The number of amides is 1. The number of rotatable bonds is 10. The minimum atomic E-state index is -3.67. The van der Waals surface area contributed by atoms with E-state index in [0.717, 1.165) is 11.3 Å². The van der Waals surface area contributed by atoms with Gasteiger partial charge in [-0.1, -0.05) is 30.3 Å². The number of sulfonamides is 1. The molecule has 0 spiro atoms. The van der Waals surface area contributed by atoms with Crippen LogP contribution in [0.4, 0.5) is 0 Å². The van der Waals surface area contributed by atoms with Crippen LogP contribution in [0.2, 0.25) is 0 Å². The zero-order chi connectivity index (χ0) is 20.6. The van der Waals surface area contributed by atoms with Crippen LogP contribution in [0, 0.1) is 6.92 Å². The quantitative estimate of drug-likeness (QED) is 0.490. The van der Waals surface area contributed by atoms with E-state index in [4.69, 9.17) is 4.74 Å². The number of carbonyl (C=O) groups excluding carboxylic acids is 1. The number of carbonyl (C=O) groups is 1. The Morgan fingerprint density at radius 3 is 2.68 bits per heavy atom. The van der Waals surface area contributed by atoms with Gasteiger partial charge in [0.15, 0.2) is 0 Å². The van der Waals surface area contributed by atoms with Crippen LogP contribution in [0.1, 0.15) is 22.3 Å². The van der Waals surface area contributed by atoms with Gasteiger partial charge in [-0.25, -0.2) is 13.1 Å². The van der Waals surface area contributed by atoms with Crippen molar-refractivity contribution in [3.63, 3.8) is 0 Å². The molecule has 1 amide bonds. The van der Waals surface area contributed by atoms with Crippen molar-refractivity contribution >= 4 is 15.9 Å². The molecule has 0 fully saturated rings. The third kappa shape index (κ3) is 5.94. The van der Waals surface area contributed by atoms with Gasteiger partial charge in [-0.05, 0) is 43.2 Å². The molecule has 28 heavy (non-hydrogen) atoms. The van der Waals surface area contributed by atoms with Gasteiger partial charge in [0, 0.05) is 25.7 Å². The Hall–Kier alpha value is -2.64. The van der Waals surface area contributed by atoms with E-state index in [1.807, 2.05) is 31.2 Å². The van der Waals surface area contributed by atoms with Crippen LogP contribution in [0.25, 0.3) is 0 Å². The normalized spacial score (nSPS) is 11.1. The lowest BCUT2D eigenvalue weighted by Gasteiger charge is -2.18. The minimum Gasteiger partial charge on any atom is -0.493 e. The fraction of sp³-hybridized carbons (Fsp3) is 0.286. The standard InChI is InChI=1S/C21H26N2O4S/c1-4-13-22-28(25,26)19-11-7-10-18(16-19)21(24)23(3)14-8-15-27-20-12-6-5-9-17(20)2/h4-7,9-12,16,22H,1,8,13-15H2,2-3H3. The van der Waals surface area contributed by atoms with E-state index in [1.165, 1.54) is 18.2 Å². The molecule has 0 unspecified atom stereocenters. The average Bonchev–Trinajstić information content (AvgIpc) is 2.70. The van der Waals surface area contributed by atoms with Crippen LogP contribution in [-0.2, 0) is 10.0 Å². The number of aryl methyl sites for hydroxylation is 1. The van der Waals surface area contributed by atoms with Crippen molar-refractivity contribution in [1.29, 1.82) is 0 Å². The van der Waals surface area contributed by atoms with Gasteiger partial charge in [-0.3, -0.25) is 4.79 Å². The first-order valence-electron chi connectivity index (χ1n) is 8.99. The van der Waals surface area contributed by atoms with E-state index < -0.39 is 10.0 Å². The molecule has 6 nitrogen and oxygen atoms in total. The third-order valence-corrected chi connectivity index (χ3v) is 5.57. The van der Waals surface area contributed by atoms with Gasteiger partial charge in [-0.15, -0.1) is 6.58 Å². The van der Waals surface area contributed by atoms with Crippen molar-refractivity contribution in [2.45, 2.75) is 18.2 Å². The number of para-hydroxylation sites is 1. The SMILES string of the molecule is C=CCNS(=O)(=O)c1cccc(C(=O)N(C)CCCOc2ccccc2C)c1. The van der Waals surface area contributed by atoms with Gasteiger partial charge < -0.3 is 9.64 Å². The van der Waals surface area contributed by atoms with Crippen molar-refractivity contribution in [2.24, 2.45) is 0 Å². The molecule has 0 radical (unpaired) electrons. The van der Waals surface area contributed by atoms with E-state index in [0.29, 0.717) is 25.1 Å². The summed E-state index contributed by atoms with van der Waals surface area (Å²) in [5.41, 5.74) is 1.39. The van der Waals surface area contributed by atoms with Gasteiger partial charge in [0.05, 0.1) is 11.5 Å². The van der Waals surface area contributed by atoms with Crippen LogP contribution in [-0.4, -0.2) is 46.0 Å². The first kappa shape index (κ1) is 21.7. The second kappa shape index (κ2) is 10.1. The van der Waals surface area contributed by atoms with E-state index in [-0.39, 0.29) is 17.3 Å². The van der Waals surface area contributed by atoms with E-state index >= 15 is 0 Å². The number of benzene rings is 2. The molecule has 0 aliphatic rings. The Bertz CT molecular complexity index is 926. The maximum Gasteiger partial charge on any atom is 0.253 e. The highest BCUT2D eigenvalue weighted by atomic mass is 32.2. The molecule has 0 bridgehead atoms. The molecule has 2 aromatic rings. The number of nitrogens with zero attached hydrogens (tertiary/aromatic N) is 1. The summed E-state index contributed by atoms with van der Waals surface area (Å²) >= 11 is 0. The Morgan fingerprint density at radius 1 is 1.21 bits per heavy atom. The number of nitrogens with one attached hydrogen (secondary N) is 1. The predicted molar refractivity (Wildman–Crippen MR) is 110 cm³/mol. The van der Waals surface area contributed by atoms with Gasteiger partial charge in [0.2, 0.25) is 10.0 Å². The summed E-state index contributed by atoms with van der Waals surface area (Å²) in [6.07, 6.45) is 2.12. The predicted octanol–water partition coefficient (Wildman–Crippen LogP) is 3.00. The molecule has 0 aliphatic carbocycles. The molecular weight excluding hydrogens is 376 g/mol. The fourth-order valence-corrected chi connectivity index (χ4v) is 3.62. The van der Waals surface area contributed by atoms with Crippen molar-refractivity contribution in [2.75, 3.05) is 26.7 Å². The van der Waals surface area contributed by atoms with Crippen molar-refractivity contribution in [1.82, 2.24) is 9.62 Å². The smallest absolute Gasteiger partial charge is 0.253 e. The lowest BCUT2D eigenvalue weighted by Crippen LogP contribution is -2.29. The highest BCUT2D eigenvalue weighted by Gasteiger charge is 2.17. The molecule has 2 rings (SSSR count). The highest BCUT2D eigenvalue weighted by molar-refractivity contribution is 7.89. The summed E-state index contributed by atoms with van der Waals surface area (Å²) in [4.78, 5) is 14.2. The zero-order valence-electron chi connectivity index (χ0n) is 16.2. The summed E-state index contributed by atoms with van der Waals surface area (Å²) in [7, 11) is -1.98. The van der Waals surface area contributed by atoms with E-state index in [2.05, 4.69) is 11.3 Å². The molecule has 0 saturated carbocycles. The number of hydrogen-bond acceptors (Lipinski definition) is 4. The topological polar surface area (TPSA) is 75.7 Å². The monoisotopic (exact) mass is 402 g/mol. The molecule has 2 aromatic carbocycles. The first-order valence-corrected chi connectivity index (χ1v) is 10.5. The molecule has 0 aromatic heterocycles. The molecule has 0 heterocycles. The van der Waals surface area contributed by atoms with Crippen LogP contribution < -0.4 is 9.46 Å². The van der Waals surface area contributed by atoms with Gasteiger partial charge in [-0.2, -0.15) is 0 Å². The summed E-state index contributed by atoms with van der Waals surface area (Å²) in [5.74, 6) is 0.595. The summed E-state index contributed by atoms with van der Waals surface area (Å²) < 4.78 is 32.6. The summed E-state index contributed by atoms with van der Waals surface area (Å²) in [6, 6.07) is 13.8.